The van der Waals surface area contributed by atoms with Crippen molar-refractivity contribution in [2.45, 2.75) is 25.3 Å². The molecule has 22 heavy (non-hydrogen) atoms. The lowest BCUT2D eigenvalue weighted by Gasteiger charge is -2.22. The van der Waals surface area contributed by atoms with Crippen LogP contribution in [0.25, 0.3) is 0 Å². The normalized spacial score (nSPS) is 16.0. The number of hydrogen-bond donors (Lipinski definition) is 1. The lowest BCUT2D eigenvalue weighted by atomic mass is 9.98. The molecule has 0 heterocycles. The van der Waals surface area contributed by atoms with Crippen LogP contribution in [0, 0.1) is 17.2 Å². The molecule has 1 amide bonds. The number of benzene rings is 1. The first-order valence-corrected chi connectivity index (χ1v) is 7.00. The molecule has 1 fully saturated rings. The van der Waals surface area contributed by atoms with Gasteiger partial charge in [-0.05, 0) is 43.9 Å². The molecule has 1 aromatic rings. The molecular weight excluding hydrogens is 284 g/mol. The van der Waals surface area contributed by atoms with Gasteiger partial charge in [0.1, 0.15) is 17.0 Å². The standard InChI is InChI=1S/C16H18N2O4/c1-16(10-17,12-3-4-12)18-15(20)9-22-14-6-5-13(21-2)7-11(14)8-19/h5-8,12H,3-4,9H2,1-2H3,(H,18,20)/t16-/m0/s1. The summed E-state index contributed by atoms with van der Waals surface area (Å²) in [7, 11) is 1.50. The average molecular weight is 302 g/mol. The molecule has 1 N–H and O–H groups in total. The topological polar surface area (TPSA) is 88.4 Å². The van der Waals surface area contributed by atoms with Crippen LogP contribution in [0.2, 0.25) is 0 Å². The third-order valence-corrected chi connectivity index (χ3v) is 3.73. The molecule has 0 aromatic heterocycles. The zero-order chi connectivity index (χ0) is 16.2. The molecule has 1 atom stereocenters. The number of carbonyl (C=O) groups is 2. The monoisotopic (exact) mass is 302 g/mol. The minimum Gasteiger partial charge on any atom is -0.497 e. The molecule has 2 rings (SSSR count). The van der Waals surface area contributed by atoms with Gasteiger partial charge in [0.2, 0.25) is 0 Å². The molecule has 1 saturated carbocycles. The highest BCUT2D eigenvalue weighted by Crippen LogP contribution is 2.39. The number of hydrogen-bond acceptors (Lipinski definition) is 5. The van der Waals surface area contributed by atoms with E-state index >= 15 is 0 Å². The first-order chi connectivity index (χ1) is 10.5. The van der Waals surface area contributed by atoms with Crippen LogP contribution < -0.4 is 14.8 Å². The highest BCUT2D eigenvalue weighted by molar-refractivity contribution is 5.82. The molecule has 1 aliphatic carbocycles. The minimum absolute atomic E-state index is 0.202. The molecule has 0 spiro atoms. The Balaban J connectivity index is 1.96. The Morgan fingerprint density at radius 3 is 2.82 bits per heavy atom. The maximum Gasteiger partial charge on any atom is 0.259 e. The first kappa shape index (κ1) is 15.8. The molecule has 0 bridgehead atoms. The number of aldehydes is 1. The van der Waals surface area contributed by atoms with E-state index < -0.39 is 5.54 Å². The molecule has 1 aliphatic rings. The fraction of sp³-hybridized carbons (Fsp3) is 0.438. The molecule has 0 saturated heterocycles. The van der Waals surface area contributed by atoms with Gasteiger partial charge in [-0.25, -0.2) is 0 Å². The van der Waals surface area contributed by atoms with Gasteiger partial charge in [-0.15, -0.1) is 0 Å². The predicted octanol–water partition coefficient (Wildman–Crippen LogP) is 1.69. The number of ether oxygens (including phenoxy) is 2. The zero-order valence-electron chi connectivity index (χ0n) is 12.6. The third kappa shape index (κ3) is 3.55. The highest BCUT2D eigenvalue weighted by atomic mass is 16.5. The van der Waals surface area contributed by atoms with Gasteiger partial charge < -0.3 is 14.8 Å². The van der Waals surface area contributed by atoms with E-state index in [-0.39, 0.29) is 18.4 Å². The molecular formula is C16H18N2O4. The van der Waals surface area contributed by atoms with Gasteiger partial charge in [0.25, 0.3) is 5.91 Å². The predicted molar refractivity (Wildman–Crippen MR) is 78.8 cm³/mol. The Morgan fingerprint density at radius 2 is 2.27 bits per heavy atom. The van der Waals surface area contributed by atoms with Crippen LogP contribution >= 0.6 is 0 Å². The second-order valence-corrected chi connectivity index (χ2v) is 5.45. The molecule has 6 nitrogen and oxygen atoms in total. The Labute approximate surface area is 129 Å². The van der Waals surface area contributed by atoms with Crippen molar-refractivity contribution in [3.63, 3.8) is 0 Å². The summed E-state index contributed by atoms with van der Waals surface area (Å²) in [5.74, 6) is 0.650. The summed E-state index contributed by atoms with van der Waals surface area (Å²) < 4.78 is 10.4. The largest absolute Gasteiger partial charge is 0.497 e. The summed E-state index contributed by atoms with van der Waals surface area (Å²) >= 11 is 0. The molecule has 0 unspecified atom stereocenters. The summed E-state index contributed by atoms with van der Waals surface area (Å²) in [5, 5.41) is 11.9. The van der Waals surface area contributed by atoms with Crippen molar-refractivity contribution in [3.05, 3.63) is 23.8 Å². The van der Waals surface area contributed by atoms with Crippen molar-refractivity contribution in [1.29, 1.82) is 5.26 Å². The summed E-state index contributed by atoms with van der Waals surface area (Å²) in [6, 6.07) is 6.89. The van der Waals surface area contributed by atoms with Crippen LogP contribution in [0.1, 0.15) is 30.1 Å². The number of carbonyl (C=O) groups excluding carboxylic acids is 2. The van der Waals surface area contributed by atoms with E-state index in [2.05, 4.69) is 11.4 Å². The molecule has 1 aromatic carbocycles. The number of nitrogens with one attached hydrogen (secondary N) is 1. The first-order valence-electron chi connectivity index (χ1n) is 7.00. The average Bonchev–Trinajstić information content (AvgIpc) is 3.37. The van der Waals surface area contributed by atoms with Gasteiger partial charge in [-0.3, -0.25) is 9.59 Å². The van der Waals surface area contributed by atoms with Gasteiger partial charge in [0.15, 0.2) is 12.9 Å². The summed E-state index contributed by atoms with van der Waals surface area (Å²) in [6.07, 6.45) is 2.53. The van der Waals surface area contributed by atoms with Gasteiger partial charge in [0, 0.05) is 0 Å². The minimum atomic E-state index is -0.853. The smallest absolute Gasteiger partial charge is 0.259 e. The number of nitriles is 1. The number of methoxy groups -OCH3 is 1. The van der Waals surface area contributed by atoms with Crippen molar-refractivity contribution < 1.29 is 19.1 Å². The Hall–Kier alpha value is -2.55. The molecule has 0 aliphatic heterocycles. The van der Waals surface area contributed by atoms with Crippen LogP contribution in [0.3, 0.4) is 0 Å². The van der Waals surface area contributed by atoms with E-state index in [1.54, 1.807) is 19.1 Å². The fourth-order valence-electron chi connectivity index (χ4n) is 2.23. The van der Waals surface area contributed by atoms with Crippen molar-refractivity contribution in [1.82, 2.24) is 5.32 Å². The van der Waals surface area contributed by atoms with Crippen LogP contribution in [0.15, 0.2) is 18.2 Å². The van der Waals surface area contributed by atoms with Crippen LogP contribution in [0.4, 0.5) is 0 Å². The van der Waals surface area contributed by atoms with E-state index in [1.807, 2.05) is 0 Å². The van der Waals surface area contributed by atoms with Gasteiger partial charge >= 0.3 is 0 Å². The molecule has 6 heteroatoms. The SMILES string of the molecule is COc1ccc(OCC(=O)N[C@@](C)(C#N)C2CC2)c(C=O)c1. The van der Waals surface area contributed by atoms with Crippen molar-refractivity contribution in [3.8, 4) is 17.6 Å². The number of rotatable bonds is 7. The highest BCUT2D eigenvalue weighted by Gasteiger charge is 2.43. The van der Waals surface area contributed by atoms with E-state index in [0.717, 1.165) is 12.8 Å². The van der Waals surface area contributed by atoms with E-state index in [9.17, 15) is 14.9 Å². The lowest BCUT2D eigenvalue weighted by molar-refractivity contribution is -0.124. The Kier molecular flexibility index (Phi) is 4.66. The van der Waals surface area contributed by atoms with Crippen molar-refractivity contribution >= 4 is 12.2 Å². The maximum absolute atomic E-state index is 11.9. The Bertz CT molecular complexity index is 619. The third-order valence-electron chi connectivity index (χ3n) is 3.73. The fourth-order valence-corrected chi connectivity index (χ4v) is 2.23. The van der Waals surface area contributed by atoms with Crippen LogP contribution in [-0.2, 0) is 4.79 Å². The van der Waals surface area contributed by atoms with E-state index in [0.29, 0.717) is 23.3 Å². The maximum atomic E-state index is 11.9. The Morgan fingerprint density at radius 1 is 1.55 bits per heavy atom. The number of nitrogens with zero attached hydrogens (tertiary/aromatic N) is 1. The van der Waals surface area contributed by atoms with Crippen LogP contribution in [0.5, 0.6) is 11.5 Å². The van der Waals surface area contributed by atoms with E-state index in [4.69, 9.17) is 9.47 Å². The summed E-state index contributed by atoms with van der Waals surface area (Å²) in [4.78, 5) is 23.0. The van der Waals surface area contributed by atoms with Crippen LogP contribution in [-0.4, -0.2) is 31.4 Å². The quantitative estimate of drug-likeness (QED) is 0.774. The van der Waals surface area contributed by atoms with Gasteiger partial charge in [0.05, 0.1) is 18.7 Å². The second-order valence-electron chi connectivity index (χ2n) is 5.45. The van der Waals surface area contributed by atoms with Gasteiger partial charge in [-0.2, -0.15) is 5.26 Å². The molecule has 0 radical (unpaired) electrons. The van der Waals surface area contributed by atoms with E-state index in [1.165, 1.54) is 13.2 Å². The summed E-state index contributed by atoms with van der Waals surface area (Å²) in [5.41, 5.74) is -0.550. The van der Waals surface area contributed by atoms with Gasteiger partial charge in [-0.1, -0.05) is 0 Å². The lowest BCUT2D eigenvalue weighted by Crippen LogP contribution is -2.48. The van der Waals surface area contributed by atoms with Crippen molar-refractivity contribution in [2.24, 2.45) is 5.92 Å². The zero-order valence-corrected chi connectivity index (χ0v) is 12.6. The van der Waals surface area contributed by atoms with Crippen molar-refractivity contribution in [2.75, 3.05) is 13.7 Å². The second kappa shape index (κ2) is 6.48. The summed E-state index contributed by atoms with van der Waals surface area (Å²) in [6.45, 7) is 1.46. The number of amides is 1. The molecule has 116 valence electrons.